The summed E-state index contributed by atoms with van der Waals surface area (Å²) >= 11 is 7.61. The number of amides is 1. The Hall–Kier alpha value is -2.19. The van der Waals surface area contributed by atoms with E-state index in [0.717, 1.165) is 29.5 Å². The van der Waals surface area contributed by atoms with Crippen LogP contribution in [0.4, 0.5) is 0 Å². The molecule has 0 saturated carbocycles. The molecule has 1 atom stereocenters. The second-order valence-electron chi connectivity index (χ2n) is 6.92. The number of nitrogens with zero attached hydrogens (tertiary/aromatic N) is 2. The predicted molar refractivity (Wildman–Crippen MR) is 113 cm³/mol. The van der Waals surface area contributed by atoms with Crippen molar-refractivity contribution in [2.45, 2.75) is 19.1 Å². The molecule has 0 radical (unpaired) electrons. The molecular weight excluding hydrogens is 410 g/mol. The second-order valence-corrected chi connectivity index (χ2v) is 8.72. The van der Waals surface area contributed by atoms with E-state index in [0.29, 0.717) is 24.7 Å². The average Bonchev–Trinajstić information content (AvgIpc) is 3.36. The first-order valence-electron chi connectivity index (χ1n) is 9.50. The number of thiophene rings is 1. The zero-order chi connectivity index (χ0) is 20.1. The standard InChI is InChI=1S/C21H22ClN3O3S/c22-19-7-6-18(29-19)13-25-8-9-27-17(12-25)11-23-20(26)10-16-14-28-21(24-16)15-4-2-1-3-5-15/h1-7,14,17H,8-13H2,(H,23,26)/t17-/m0/s1. The van der Waals surface area contributed by atoms with Gasteiger partial charge >= 0.3 is 0 Å². The smallest absolute Gasteiger partial charge is 0.226 e. The van der Waals surface area contributed by atoms with Crippen molar-refractivity contribution >= 4 is 28.8 Å². The summed E-state index contributed by atoms with van der Waals surface area (Å²) in [7, 11) is 0. The Balaban J connectivity index is 1.23. The summed E-state index contributed by atoms with van der Waals surface area (Å²) in [6, 6.07) is 13.6. The summed E-state index contributed by atoms with van der Waals surface area (Å²) in [6.45, 7) is 3.64. The number of rotatable bonds is 7. The third-order valence-electron chi connectivity index (χ3n) is 4.67. The van der Waals surface area contributed by atoms with Crippen molar-refractivity contribution in [1.29, 1.82) is 0 Å². The first-order chi connectivity index (χ1) is 14.2. The highest BCUT2D eigenvalue weighted by Crippen LogP contribution is 2.23. The van der Waals surface area contributed by atoms with Gasteiger partial charge in [0.15, 0.2) is 0 Å². The minimum absolute atomic E-state index is 0.0275. The van der Waals surface area contributed by atoms with Crippen molar-refractivity contribution in [1.82, 2.24) is 15.2 Å². The average molecular weight is 432 g/mol. The van der Waals surface area contributed by atoms with E-state index in [2.05, 4.69) is 21.3 Å². The lowest BCUT2D eigenvalue weighted by molar-refractivity contribution is -0.121. The van der Waals surface area contributed by atoms with Crippen LogP contribution in [-0.4, -0.2) is 48.1 Å². The normalized spacial score (nSPS) is 17.3. The molecule has 1 aliphatic rings. The number of halogens is 1. The van der Waals surface area contributed by atoms with Gasteiger partial charge in [-0.2, -0.15) is 0 Å². The first kappa shape index (κ1) is 20.1. The highest BCUT2D eigenvalue weighted by Gasteiger charge is 2.22. The maximum Gasteiger partial charge on any atom is 0.226 e. The minimum Gasteiger partial charge on any atom is -0.444 e. The molecule has 1 aromatic carbocycles. The maximum absolute atomic E-state index is 12.3. The highest BCUT2D eigenvalue weighted by molar-refractivity contribution is 7.16. The monoisotopic (exact) mass is 431 g/mol. The lowest BCUT2D eigenvalue weighted by atomic mass is 10.2. The van der Waals surface area contributed by atoms with Crippen molar-refractivity contribution in [2.75, 3.05) is 26.2 Å². The molecule has 1 aliphatic heterocycles. The van der Waals surface area contributed by atoms with Gasteiger partial charge in [-0.05, 0) is 24.3 Å². The number of benzene rings is 1. The van der Waals surface area contributed by atoms with Crippen LogP contribution in [0.2, 0.25) is 4.34 Å². The Labute approximate surface area is 178 Å². The third-order valence-corrected chi connectivity index (χ3v) is 5.89. The number of ether oxygens (including phenoxy) is 1. The van der Waals surface area contributed by atoms with Crippen LogP contribution >= 0.6 is 22.9 Å². The molecule has 3 aromatic rings. The van der Waals surface area contributed by atoms with Crippen LogP contribution in [0.3, 0.4) is 0 Å². The lowest BCUT2D eigenvalue weighted by Gasteiger charge is -2.32. The van der Waals surface area contributed by atoms with Crippen LogP contribution in [0.15, 0.2) is 53.1 Å². The zero-order valence-electron chi connectivity index (χ0n) is 15.8. The van der Waals surface area contributed by atoms with Gasteiger partial charge in [0.1, 0.15) is 6.26 Å². The molecule has 0 aliphatic carbocycles. The number of carbonyl (C=O) groups is 1. The molecule has 1 amide bonds. The van der Waals surface area contributed by atoms with Gasteiger partial charge < -0.3 is 14.5 Å². The summed E-state index contributed by atoms with van der Waals surface area (Å²) < 4.78 is 12.1. The van der Waals surface area contributed by atoms with E-state index in [1.807, 2.05) is 36.4 Å². The van der Waals surface area contributed by atoms with Gasteiger partial charge in [0.05, 0.1) is 29.2 Å². The summed E-state index contributed by atoms with van der Waals surface area (Å²) in [6.07, 6.45) is 1.69. The van der Waals surface area contributed by atoms with Gasteiger partial charge in [0.2, 0.25) is 11.8 Å². The Morgan fingerprint density at radius 1 is 1.28 bits per heavy atom. The Morgan fingerprint density at radius 2 is 2.14 bits per heavy atom. The van der Waals surface area contributed by atoms with Crippen molar-refractivity contribution in [3.8, 4) is 11.5 Å². The molecule has 0 spiro atoms. The van der Waals surface area contributed by atoms with Gasteiger partial charge in [-0.25, -0.2) is 4.98 Å². The molecular formula is C21H22ClN3O3S. The number of hydrogen-bond donors (Lipinski definition) is 1. The van der Waals surface area contributed by atoms with E-state index in [-0.39, 0.29) is 18.4 Å². The largest absolute Gasteiger partial charge is 0.444 e. The molecule has 3 heterocycles. The Kier molecular flexibility index (Phi) is 6.61. The van der Waals surface area contributed by atoms with Crippen LogP contribution < -0.4 is 5.32 Å². The SMILES string of the molecule is O=C(Cc1coc(-c2ccccc2)n1)NC[C@H]1CN(Cc2ccc(Cl)s2)CCO1. The number of nitrogens with one attached hydrogen (secondary N) is 1. The molecule has 0 unspecified atom stereocenters. The molecule has 29 heavy (non-hydrogen) atoms. The van der Waals surface area contributed by atoms with E-state index >= 15 is 0 Å². The Bertz CT molecular complexity index is 944. The van der Waals surface area contributed by atoms with Gasteiger partial charge in [-0.15, -0.1) is 11.3 Å². The molecule has 1 fully saturated rings. The van der Waals surface area contributed by atoms with E-state index in [1.54, 1.807) is 11.3 Å². The van der Waals surface area contributed by atoms with Gasteiger partial charge in [-0.1, -0.05) is 29.8 Å². The number of carbonyl (C=O) groups excluding carboxylic acids is 1. The predicted octanol–water partition coefficient (Wildman–Crippen LogP) is 3.62. The fourth-order valence-electron chi connectivity index (χ4n) is 3.26. The lowest BCUT2D eigenvalue weighted by Crippen LogP contribution is -2.47. The molecule has 8 heteroatoms. The van der Waals surface area contributed by atoms with E-state index in [9.17, 15) is 4.79 Å². The number of hydrogen-bond acceptors (Lipinski definition) is 6. The van der Waals surface area contributed by atoms with Crippen LogP contribution in [0.25, 0.3) is 11.5 Å². The van der Waals surface area contributed by atoms with Gasteiger partial charge in [0.25, 0.3) is 0 Å². The fraction of sp³-hybridized carbons (Fsp3) is 0.333. The van der Waals surface area contributed by atoms with Crippen molar-refractivity contribution in [3.05, 3.63) is 63.6 Å². The van der Waals surface area contributed by atoms with Crippen LogP contribution in [0.1, 0.15) is 10.6 Å². The quantitative estimate of drug-likeness (QED) is 0.618. The van der Waals surface area contributed by atoms with Gasteiger partial charge in [0, 0.05) is 36.6 Å². The van der Waals surface area contributed by atoms with Crippen molar-refractivity contribution < 1.29 is 13.9 Å². The second kappa shape index (κ2) is 9.54. The minimum atomic E-state index is -0.0938. The Morgan fingerprint density at radius 3 is 2.93 bits per heavy atom. The molecule has 6 nitrogen and oxygen atoms in total. The third kappa shape index (κ3) is 5.67. The van der Waals surface area contributed by atoms with E-state index < -0.39 is 0 Å². The highest BCUT2D eigenvalue weighted by atomic mass is 35.5. The van der Waals surface area contributed by atoms with Gasteiger partial charge in [-0.3, -0.25) is 9.69 Å². The summed E-state index contributed by atoms with van der Waals surface area (Å²) in [5, 5.41) is 2.95. The van der Waals surface area contributed by atoms with E-state index in [1.165, 1.54) is 11.1 Å². The molecule has 4 rings (SSSR count). The topological polar surface area (TPSA) is 67.6 Å². The number of oxazole rings is 1. The summed E-state index contributed by atoms with van der Waals surface area (Å²) in [4.78, 5) is 20.3. The maximum atomic E-state index is 12.3. The number of aromatic nitrogens is 1. The molecule has 1 N–H and O–H groups in total. The number of morpholine rings is 1. The fourth-order valence-corrected chi connectivity index (χ4v) is 4.39. The van der Waals surface area contributed by atoms with Crippen LogP contribution in [-0.2, 0) is 22.5 Å². The molecule has 152 valence electrons. The van der Waals surface area contributed by atoms with Crippen LogP contribution in [0, 0.1) is 0 Å². The summed E-state index contributed by atoms with van der Waals surface area (Å²) in [5.74, 6) is 0.428. The van der Waals surface area contributed by atoms with Crippen molar-refractivity contribution in [3.63, 3.8) is 0 Å². The zero-order valence-corrected chi connectivity index (χ0v) is 17.4. The van der Waals surface area contributed by atoms with E-state index in [4.69, 9.17) is 20.8 Å². The molecule has 1 saturated heterocycles. The van der Waals surface area contributed by atoms with Crippen molar-refractivity contribution in [2.24, 2.45) is 0 Å². The van der Waals surface area contributed by atoms with Crippen LogP contribution in [0.5, 0.6) is 0 Å². The summed E-state index contributed by atoms with van der Waals surface area (Å²) in [5.41, 5.74) is 1.50. The first-order valence-corrected chi connectivity index (χ1v) is 10.7. The molecule has 2 aromatic heterocycles. The molecule has 0 bridgehead atoms.